The Bertz CT molecular complexity index is 735. The highest BCUT2D eigenvalue weighted by atomic mass is 16.5. The van der Waals surface area contributed by atoms with E-state index in [0.717, 1.165) is 22.4 Å². The quantitative estimate of drug-likeness (QED) is 0.455. The molecule has 0 aliphatic carbocycles. The molecule has 0 unspecified atom stereocenters. The third kappa shape index (κ3) is 4.72. The topological polar surface area (TPSA) is 35.5 Å². The molecule has 3 nitrogen and oxygen atoms in total. The van der Waals surface area contributed by atoms with Crippen molar-refractivity contribution in [3.05, 3.63) is 65.2 Å². The van der Waals surface area contributed by atoms with E-state index in [2.05, 4.69) is 26.8 Å². The molecule has 0 atom stereocenters. The third-order valence-corrected chi connectivity index (χ3v) is 3.68. The van der Waals surface area contributed by atoms with Gasteiger partial charge >= 0.3 is 5.97 Å². The fraction of sp³-hybridized carbons (Fsp3) is 0.286. The minimum Gasteiger partial charge on any atom is -0.497 e. The molecule has 0 aliphatic rings. The van der Waals surface area contributed by atoms with Gasteiger partial charge in [-0.25, -0.2) is 4.79 Å². The minimum atomic E-state index is -0.389. The van der Waals surface area contributed by atoms with Gasteiger partial charge in [-0.2, -0.15) is 0 Å². The van der Waals surface area contributed by atoms with Gasteiger partial charge in [0.2, 0.25) is 0 Å². The van der Waals surface area contributed by atoms with E-state index in [0.29, 0.717) is 5.75 Å². The first-order valence-corrected chi connectivity index (χ1v) is 7.94. The predicted molar refractivity (Wildman–Crippen MR) is 97.5 cm³/mol. The van der Waals surface area contributed by atoms with E-state index in [1.165, 1.54) is 6.08 Å². The summed E-state index contributed by atoms with van der Waals surface area (Å²) in [5.41, 5.74) is 2.98. The Hall–Kier alpha value is -2.55. The van der Waals surface area contributed by atoms with Gasteiger partial charge in [0, 0.05) is 11.6 Å². The van der Waals surface area contributed by atoms with Crippen molar-refractivity contribution in [1.29, 1.82) is 0 Å². The van der Waals surface area contributed by atoms with Crippen LogP contribution in [0.3, 0.4) is 0 Å². The summed E-state index contributed by atoms with van der Waals surface area (Å²) >= 11 is 0. The maximum atomic E-state index is 12.1. The second kappa shape index (κ2) is 7.35. The SMILES string of the molecule is COc1ccc(C=CC(=O)Oc2ccc(C)cc2C(C)(C)C)cc1. The number of ether oxygens (including phenoxy) is 2. The number of esters is 1. The Morgan fingerprint density at radius 2 is 1.71 bits per heavy atom. The Kier molecular flexibility index (Phi) is 5.45. The summed E-state index contributed by atoms with van der Waals surface area (Å²) in [6.45, 7) is 8.34. The Morgan fingerprint density at radius 1 is 1.04 bits per heavy atom. The maximum Gasteiger partial charge on any atom is 0.336 e. The second-order valence-corrected chi connectivity index (χ2v) is 6.78. The van der Waals surface area contributed by atoms with Crippen LogP contribution in [0.5, 0.6) is 11.5 Å². The van der Waals surface area contributed by atoms with Crippen LogP contribution in [0.2, 0.25) is 0 Å². The van der Waals surface area contributed by atoms with Gasteiger partial charge in [-0.05, 0) is 42.2 Å². The summed E-state index contributed by atoms with van der Waals surface area (Å²) in [7, 11) is 1.62. The average Bonchev–Trinajstić information content (AvgIpc) is 2.54. The van der Waals surface area contributed by atoms with Crippen LogP contribution in [0.15, 0.2) is 48.5 Å². The van der Waals surface area contributed by atoms with E-state index in [9.17, 15) is 4.79 Å². The van der Waals surface area contributed by atoms with E-state index in [1.807, 2.05) is 43.3 Å². The molecule has 2 rings (SSSR count). The molecule has 0 aromatic heterocycles. The third-order valence-electron chi connectivity index (χ3n) is 3.68. The number of methoxy groups -OCH3 is 1. The van der Waals surface area contributed by atoms with Crippen LogP contribution >= 0.6 is 0 Å². The summed E-state index contributed by atoms with van der Waals surface area (Å²) in [4.78, 5) is 12.1. The molecule has 0 amide bonds. The summed E-state index contributed by atoms with van der Waals surface area (Å²) in [6.07, 6.45) is 3.17. The molecule has 3 heteroatoms. The molecule has 0 N–H and O–H groups in total. The molecule has 0 radical (unpaired) electrons. The Labute approximate surface area is 143 Å². The highest BCUT2D eigenvalue weighted by Gasteiger charge is 2.20. The first kappa shape index (κ1) is 17.8. The van der Waals surface area contributed by atoms with E-state index in [-0.39, 0.29) is 11.4 Å². The van der Waals surface area contributed by atoms with Crippen LogP contribution in [0, 0.1) is 6.92 Å². The van der Waals surface area contributed by atoms with E-state index in [4.69, 9.17) is 9.47 Å². The molecule has 126 valence electrons. The van der Waals surface area contributed by atoms with Crippen LogP contribution in [-0.4, -0.2) is 13.1 Å². The maximum absolute atomic E-state index is 12.1. The molecule has 2 aromatic carbocycles. The number of aryl methyl sites for hydroxylation is 1. The van der Waals surface area contributed by atoms with Crippen molar-refractivity contribution < 1.29 is 14.3 Å². The fourth-order valence-electron chi connectivity index (χ4n) is 2.34. The molecule has 0 heterocycles. The molecule has 0 spiro atoms. The summed E-state index contributed by atoms with van der Waals surface area (Å²) in [6, 6.07) is 13.3. The van der Waals surface area contributed by atoms with E-state index in [1.54, 1.807) is 13.2 Å². The standard InChI is InChI=1S/C21H24O3/c1-15-6-12-19(18(14-15)21(2,3)4)24-20(22)13-9-16-7-10-17(23-5)11-8-16/h6-14H,1-5H3. The van der Waals surface area contributed by atoms with Crippen molar-refractivity contribution in [2.24, 2.45) is 0 Å². The molecule has 0 aliphatic heterocycles. The van der Waals surface area contributed by atoms with Gasteiger partial charge in [-0.15, -0.1) is 0 Å². The van der Waals surface area contributed by atoms with Crippen LogP contribution in [0.4, 0.5) is 0 Å². The number of carbonyl (C=O) groups excluding carboxylic acids is 1. The lowest BCUT2D eigenvalue weighted by molar-refractivity contribution is -0.128. The normalized spacial score (nSPS) is 11.5. The molecular weight excluding hydrogens is 300 g/mol. The summed E-state index contributed by atoms with van der Waals surface area (Å²) in [5.74, 6) is 1.00. The van der Waals surface area contributed by atoms with Crippen LogP contribution in [0.25, 0.3) is 6.08 Å². The lowest BCUT2D eigenvalue weighted by atomic mass is 9.85. The monoisotopic (exact) mass is 324 g/mol. The fourth-order valence-corrected chi connectivity index (χ4v) is 2.34. The zero-order valence-corrected chi connectivity index (χ0v) is 14.9. The molecular formula is C21H24O3. The molecule has 2 aromatic rings. The summed E-state index contributed by atoms with van der Waals surface area (Å²) in [5, 5.41) is 0. The van der Waals surface area contributed by atoms with Gasteiger partial charge in [0.15, 0.2) is 0 Å². The van der Waals surface area contributed by atoms with Gasteiger partial charge in [0.05, 0.1) is 7.11 Å². The average molecular weight is 324 g/mol. The molecule has 24 heavy (non-hydrogen) atoms. The first-order valence-electron chi connectivity index (χ1n) is 7.94. The Balaban J connectivity index is 2.13. The van der Waals surface area contributed by atoms with Gasteiger partial charge in [-0.1, -0.05) is 50.6 Å². The van der Waals surface area contributed by atoms with Gasteiger partial charge < -0.3 is 9.47 Å². The Morgan fingerprint density at radius 3 is 2.29 bits per heavy atom. The van der Waals surface area contributed by atoms with Gasteiger partial charge in [-0.3, -0.25) is 0 Å². The van der Waals surface area contributed by atoms with Crippen molar-refractivity contribution >= 4 is 12.0 Å². The van der Waals surface area contributed by atoms with Crippen molar-refractivity contribution in [3.63, 3.8) is 0 Å². The number of carbonyl (C=O) groups is 1. The van der Waals surface area contributed by atoms with Crippen molar-refractivity contribution in [3.8, 4) is 11.5 Å². The second-order valence-electron chi connectivity index (χ2n) is 6.78. The highest BCUT2D eigenvalue weighted by Crippen LogP contribution is 2.32. The lowest BCUT2D eigenvalue weighted by Gasteiger charge is -2.22. The van der Waals surface area contributed by atoms with Crippen molar-refractivity contribution in [2.75, 3.05) is 7.11 Å². The van der Waals surface area contributed by atoms with E-state index >= 15 is 0 Å². The number of benzene rings is 2. The van der Waals surface area contributed by atoms with Crippen LogP contribution < -0.4 is 9.47 Å². The number of hydrogen-bond donors (Lipinski definition) is 0. The zero-order valence-electron chi connectivity index (χ0n) is 14.9. The van der Waals surface area contributed by atoms with Gasteiger partial charge in [0.25, 0.3) is 0 Å². The predicted octanol–water partition coefficient (Wildman–Crippen LogP) is 4.92. The minimum absolute atomic E-state index is 0.0959. The van der Waals surface area contributed by atoms with Crippen LogP contribution in [-0.2, 0) is 10.2 Å². The first-order chi connectivity index (χ1) is 11.3. The van der Waals surface area contributed by atoms with E-state index < -0.39 is 0 Å². The molecule has 0 saturated heterocycles. The molecule has 0 fully saturated rings. The lowest BCUT2D eigenvalue weighted by Crippen LogP contribution is -2.15. The van der Waals surface area contributed by atoms with Crippen LogP contribution in [0.1, 0.15) is 37.5 Å². The smallest absolute Gasteiger partial charge is 0.336 e. The van der Waals surface area contributed by atoms with Gasteiger partial charge in [0.1, 0.15) is 11.5 Å². The highest BCUT2D eigenvalue weighted by molar-refractivity contribution is 5.89. The summed E-state index contributed by atoms with van der Waals surface area (Å²) < 4.78 is 10.7. The number of rotatable bonds is 4. The largest absolute Gasteiger partial charge is 0.497 e. The number of hydrogen-bond acceptors (Lipinski definition) is 3. The van der Waals surface area contributed by atoms with Crippen molar-refractivity contribution in [2.45, 2.75) is 33.1 Å². The molecule has 0 bridgehead atoms. The molecule has 0 saturated carbocycles. The zero-order chi connectivity index (χ0) is 17.7. The van der Waals surface area contributed by atoms with Crippen molar-refractivity contribution in [1.82, 2.24) is 0 Å².